The van der Waals surface area contributed by atoms with Crippen LogP contribution in [0.3, 0.4) is 0 Å². The third-order valence-electron chi connectivity index (χ3n) is 2.56. The van der Waals surface area contributed by atoms with Crippen LogP contribution in [0.5, 0.6) is 0 Å². The van der Waals surface area contributed by atoms with Gasteiger partial charge in [-0.3, -0.25) is 4.79 Å². The standard InChI is InChI=1S/C13H18N4OS/c1-7(2)16-13(18)6-15-10-5-11-12(4-9(10)14)19-8(3)17-11/h4-5,7,15H,6,14H2,1-3H3,(H,16,18). The van der Waals surface area contributed by atoms with Crippen molar-refractivity contribution in [2.24, 2.45) is 0 Å². The van der Waals surface area contributed by atoms with Gasteiger partial charge in [-0.1, -0.05) is 0 Å². The summed E-state index contributed by atoms with van der Waals surface area (Å²) < 4.78 is 1.06. The van der Waals surface area contributed by atoms with Crippen molar-refractivity contribution in [2.75, 3.05) is 17.6 Å². The highest BCUT2D eigenvalue weighted by molar-refractivity contribution is 7.18. The second kappa shape index (κ2) is 5.44. The van der Waals surface area contributed by atoms with E-state index in [-0.39, 0.29) is 18.5 Å². The number of fused-ring (bicyclic) bond motifs is 1. The van der Waals surface area contributed by atoms with Crippen LogP contribution in [-0.4, -0.2) is 23.5 Å². The number of aromatic nitrogens is 1. The van der Waals surface area contributed by atoms with Crippen LogP contribution >= 0.6 is 11.3 Å². The van der Waals surface area contributed by atoms with Crippen LogP contribution in [0.4, 0.5) is 11.4 Å². The first-order valence-corrected chi connectivity index (χ1v) is 6.97. The zero-order valence-corrected chi connectivity index (χ0v) is 12.1. The number of nitrogens with two attached hydrogens (primary N) is 1. The van der Waals surface area contributed by atoms with Crippen molar-refractivity contribution in [1.29, 1.82) is 0 Å². The Bertz CT molecular complexity index is 606. The lowest BCUT2D eigenvalue weighted by Gasteiger charge is -2.11. The van der Waals surface area contributed by atoms with Crippen molar-refractivity contribution in [3.63, 3.8) is 0 Å². The number of aryl methyl sites for hydroxylation is 1. The van der Waals surface area contributed by atoms with Gasteiger partial charge in [0.25, 0.3) is 0 Å². The average molecular weight is 278 g/mol. The molecule has 0 saturated carbocycles. The molecule has 1 heterocycles. The van der Waals surface area contributed by atoms with Crippen molar-refractivity contribution in [3.8, 4) is 0 Å². The number of hydrogen-bond donors (Lipinski definition) is 3. The highest BCUT2D eigenvalue weighted by Gasteiger charge is 2.08. The molecule has 0 atom stereocenters. The van der Waals surface area contributed by atoms with Gasteiger partial charge < -0.3 is 16.4 Å². The molecule has 1 aromatic carbocycles. The zero-order chi connectivity index (χ0) is 14.0. The summed E-state index contributed by atoms with van der Waals surface area (Å²) in [4.78, 5) is 16.0. The molecule has 0 aliphatic carbocycles. The van der Waals surface area contributed by atoms with E-state index in [4.69, 9.17) is 5.73 Å². The van der Waals surface area contributed by atoms with E-state index in [0.717, 1.165) is 20.9 Å². The van der Waals surface area contributed by atoms with E-state index in [1.54, 1.807) is 11.3 Å². The van der Waals surface area contributed by atoms with Crippen LogP contribution in [0.1, 0.15) is 18.9 Å². The smallest absolute Gasteiger partial charge is 0.239 e. The minimum absolute atomic E-state index is 0.0519. The highest BCUT2D eigenvalue weighted by atomic mass is 32.1. The Labute approximate surface area is 116 Å². The molecule has 2 aromatic rings. The second-order valence-corrected chi connectivity index (χ2v) is 5.95. The summed E-state index contributed by atoms with van der Waals surface area (Å²) in [5.74, 6) is -0.0519. The van der Waals surface area contributed by atoms with Crippen LogP contribution in [0.25, 0.3) is 10.2 Å². The van der Waals surface area contributed by atoms with Crippen molar-refractivity contribution in [3.05, 3.63) is 17.1 Å². The Balaban J connectivity index is 2.11. The number of thiazole rings is 1. The van der Waals surface area contributed by atoms with Gasteiger partial charge in [0.1, 0.15) is 0 Å². The molecule has 6 heteroatoms. The van der Waals surface area contributed by atoms with Crippen molar-refractivity contribution in [2.45, 2.75) is 26.8 Å². The topological polar surface area (TPSA) is 80.0 Å². The third kappa shape index (κ3) is 3.35. The van der Waals surface area contributed by atoms with E-state index in [2.05, 4.69) is 15.6 Å². The summed E-state index contributed by atoms with van der Waals surface area (Å²) in [5, 5.41) is 6.87. The number of amides is 1. The van der Waals surface area contributed by atoms with E-state index in [9.17, 15) is 4.79 Å². The normalized spacial score (nSPS) is 10.9. The predicted octanol–water partition coefficient (Wildman–Crippen LogP) is 2.12. The molecule has 102 valence electrons. The molecule has 0 aliphatic heterocycles. The van der Waals surface area contributed by atoms with Gasteiger partial charge in [-0.15, -0.1) is 11.3 Å². The Morgan fingerprint density at radius 1 is 1.47 bits per heavy atom. The van der Waals surface area contributed by atoms with Gasteiger partial charge >= 0.3 is 0 Å². The van der Waals surface area contributed by atoms with E-state index >= 15 is 0 Å². The number of hydrogen-bond acceptors (Lipinski definition) is 5. The molecule has 0 radical (unpaired) electrons. The summed E-state index contributed by atoms with van der Waals surface area (Å²) in [6.45, 7) is 6.02. The SMILES string of the molecule is Cc1nc2cc(NCC(=O)NC(C)C)c(N)cc2s1. The summed E-state index contributed by atoms with van der Waals surface area (Å²) in [6, 6.07) is 3.91. The van der Waals surface area contributed by atoms with Gasteiger partial charge in [0.2, 0.25) is 5.91 Å². The summed E-state index contributed by atoms with van der Waals surface area (Å²) in [6.07, 6.45) is 0. The molecule has 2 rings (SSSR count). The van der Waals surface area contributed by atoms with Crippen molar-refractivity contribution >= 4 is 38.8 Å². The Morgan fingerprint density at radius 3 is 2.89 bits per heavy atom. The fraction of sp³-hybridized carbons (Fsp3) is 0.385. The Hall–Kier alpha value is -1.82. The zero-order valence-electron chi connectivity index (χ0n) is 11.3. The van der Waals surface area contributed by atoms with E-state index in [1.807, 2.05) is 32.9 Å². The van der Waals surface area contributed by atoms with Crippen LogP contribution in [0.2, 0.25) is 0 Å². The van der Waals surface area contributed by atoms with Crippen molar-refractivity contribution < 1.29 is 4.79 Å². The van der Waals surface area contributed by atoms with E-state index in [1.165, 1.54) is 0 Å². The largest absolute Gasteiger partial charge is 0.397 e. The fourth-order valence-electron chi connectivity index (χ4n) is 1.81. The molecule has 0 aliphatic rings. The molecule has 0 fully saturated rings. The second-order valence-electron chi connectivity index (χ2n) is 4.72. The van der Waals surface area contributed by atoms with Gasteiger partial charge in [0.05, 0.1) is 33.1 Å². The number of carbonyl (C=O) groups is 1. The maximum Gasteiger partial charge on any atom is 0.239 e. The summed E-state index contributed by atoms with van der Waals surface area (Å²) in [7, 11) is 0. The van der Waals surface area contributed by atoms with Crippen LogP contribution in [0.15, 0.2) is 12.1 Å². The average Bonchev–Trinajstić information content (AvgIpc) is 2.64. The predicted molar refractivity (Wildman–Crippen MR) is 80.5 cm³/mol. The molecule has 0 spiro atoms. The minimum atomic E-state index is -0.0519. The highest BCUT2D eigenvalue weighted by Crippen LogP contribution is 2.29. The van der Waals surface area contributed by atoms with Crippen LogP contribution in [0, 0.1) is 6.92 Å². The Kier molecular flexibility index (Phi) is 3.90. The fourth-order valence-corrected chi connectivity index (χ4v) is 2.66. The summed E-state index contributed by atoms with van der Waals surface area (Å²) >= 11 is 1.61. The van der Waals surface area contributed by atoms with Gasteiger partial charge in [-0.05, 0) is 32.9 Å². The molecule has 19 heavy (non-hydrogen) atoms. The molecule has 4 N–H and O–H groups in total. The number of nitrogen functional groups attached to an aromatic ring is 1. The number of carbonyl (C=O) groups excluding carboxylic acids is 1. The lowest BCUT2D eigenvalue weighted by molar-refractivity contribution is -0.119. The maximum absolute atomic E-state index is 11.6. The number of nitrogens with zero attached hydrogens (tertiary/aromatic N) is 1. The molecule has 5 nitrogen and oxygen atoms in total. The van der Waals surface area contributed by atoms with Gasteiger partial charge in [0.15, 0.2) is 0 Å². The monoisotopic (exact) mass is 278 g/mol. The van der Waals surface area contributed by atoms with Gasteiger partial charge in [-0.25, -0.2) is 4.98 Å². The van der Waals surface area contributed by atoms with Gasteiger partial charge in [-0.2, -0.15) is 0 Å². The quantitative estimate of drug-likeness (QED) is 0.748. The number of benzene rings is 1. The first-order chi connectivity index (χ1) is 8.95. The number of anilines is 2. The first-order valence-electron chi connectivity index (χ1n) is 6.15. The van der Waals surface area contributed by atoms with Crippen LogP contribution in [-0.2, 0) is 4.79 Å². The maximum atomic E-state index is 11.6. The first kappa shape index (κ1) is 13.6. The van der Waals surface area contributed by atoms with E-state index in [0.29, 0.717) is 5.69 Å². The summed E-state index contributed by atoms with van der Waals surface area (Å²) in [5.41, 5.74) is 8.25. The molecule has 0 saturated heterocycles. The number of rotatable bonds is 4. The van der Waals surface area contributed by atoms with Crippen molar-refractivity contribution in [1.82, 2.24) is 10.3 Å². The van der Waals surface area contributed by atoms with E-state index < -0.39 is 0 Å². The molecule has 1 amide bonds. The lowest BCUT2D eigenvalue weighted by atomic mass is 10.2. The lowest BCUT2D eigenvalue weighted by Crippen LogP contribution is -2.34. The molecule has 0 bridgehead atoms. The van der Waals surface area contributed by atoms with Crippen LogP contribution < -0.4 is 16.4 Å². The number of nitrogens with one attached hydrogen (secondary N) is 2. The Morgan fingerprint density at radius 2 is 2.21 bits per heavy atom. The molecule has 1 aromatic heterocycles. The third-order valence-corrected chi connectivity index (χ3v) is 3.49. The minimum Gasteiger partial charge on any atom is -0.397 e. The molecular weight excluding hydrogens is 260 g/mol. The molecule has 0 unspecified atom stereocenters. The van der Waals surface area contributed by atoms with Gasteiger partial charge in [0, 0.05) is 6.04 Å². The molecular formula is C13H18N4OS.